The Balaban J connectivity index is 1.33. The van der Waals surface area contributed by atoms with Gasteiger partial charge in [-0.05, 0) is 42.5 Å². The standard InChI is InChI=1S/C19H16N2O4S/c22-14-4-1-12(2-5-14)15-10-26-18(21-15)7-8-20-19(23)13-3-6-16-17(9-13)25-11-24-16/h1-6,9-10,22H,7-8,11H2,(H,20,23). The molecule has 0 fully saturated rings. The predicted molar refractivity (Wildman–Crippen MR) is 97.8 cm³/mol. The lowest BCUT2D eigenvalue weighted by molar-refractivity contribution is 0.0953. The molecule has 2 heterocycles. The molecule has 0 atom stereocenters. The number of phenols is 1. The van der Waals surface area contributed by atoms with Gasteiger partial charge in [0.15, 0.2) is 11.5 Å². The normalized spacial score (nSPS) is 12.2. The Morgan fingerprint density at radius 1 is 1.15 bits per heavy atom. The zero-order valence-corrected chi connectivity index (χ0v) is 14.6. The Morgan fingerprint density at radius 3 is 2.81 bits per heavy atom. The summed E-state index contributed by atoms with van der Waals surface area (Å²) in [4.78, 5) is 16.8. The SMILES string of the molecule is O=C(NCCc1nc(-c2ccc(O)cc2)cs1)c1ccc2c(c1)OCO2. The molecule has 132 valence electrons. The van der Waals surface area contributed by atoms with Crippen LogP contribution in [0.4, 0.5) is 0 Å². The van der Waals surface area contributed by atoms with Crippen molar-refractivity contribution >= 4 is 17.2 Å². The third kappa shape index (κ3) is 3.48. The molecule has 3 aromatic rings. The van der Waals surface area contributed by atoms with E-state index < -0.39 is 0 Å². The second-order valence-corrected chi connectivity index (χ2v) is 6.69. The molecule has 0 aliphatic carbocycles. The van der Waals surface area contributed by atoms with Crippen LogP contribution in [-0.2, 0) is 6.42 Å². The van der Waals surface area contributed by atoms with Gasteiger partial charge in [0.2, 0.25) is 6.79 Å². The molecule has 1 aromatic heterocycles. The molecule has 2 N–H and O–H groups in total. The van der Waals surface area contributed by atoms with E-state index in [2.05, 4.69) is 10.3 Å². The third-order valence-corrected chi connectivity index (χ3v) is 4.88. The smallest absolute Gasteiger partial charge is 0.251 e. The number of hydrogen-bond acceptors (Lipinski definition) is 6. The van der Waals surface area contributed by atoms with Crippen LogP contribution < -0.4 is 14.8 Å². The van der Waals surface area contributed by atoms with Gasteiger partial charge in [-0.25, -0.2) is 4.98 Å². The monoisotopic (exact) mass is 368 g/mol. The molecule has 7 heteroatoms. The van der Waals surface area contributed by atoms with Crippen molar-refractivity contribution in [2.75, 3.05) is 13.3 Å². The highest BCUT2D eigenvalue weighted by Crippen LogP contribution is 2.32. The van der Waals surface area contributed by atoms with Crippen molar-refractivity contribution in [3.05, 3.63) is 58.4 Å². The number of phenolic OH excluding ortho intramolecular Hbond substituents is 1. The molecule has 6 nitrogen and oxygen atoms in total. The summed E-state index contributed by atoms with van der Waals surface area (Å²) in [6.07, 6.45) is 0.652. The molecule has 0 unspecified atom stereocenters. The Morgan fingerprint density at radius 2 is 1.96 bits per heavy atom. The van der Waals surface area contributed by atoms with Gasteiger partial charge in [-0.1, -0.05) is 0 Å². The van der Waals surface area contributed by atoms with Crippen LogP contribution in [0.25, 0.3) is 11.3 Å². The zero-order chi connectivity index (χ0) is 17.9. The van der Waals surface area contributed by atoms with Gasteiger partial charge >= 0.3 is 0 Å². The lowest BCUT2D eigenvalue weighted by atomic mass is 10.2. The second-order valence-electron chi connectivity index (χ2n) is 5.75. The van der Waals surface area contributed by atoms with Gasteiger partial charge in [0, 0.05) is 29.5 Å². The molecule has 1 amide bonds. The highest BCUT2D eigenvalue weighted by molar-refractivity contribution is 7.09. The van der Waals surface area contributed by atoms with Crippen LogP contribution in [0, 0.1) is 0 Å². The van der Waals surface area contributed by atoms with E-state index in [1.54, 1.807) is 41.7 Å². The number of ether oxygens (including phenoxy) is 2. The van der Waals surface area contributed by atoms with Gasteiger partial charge in [0.25, 0.3) is 5.91 Å². The summed E-state index contributed by atoms with van der Waals surface area (Å²) in [7, 11) is 0. The first-order valence-electron chi connectivity index (χ1n) is 8.11. The van der Waals surface area contributed by atoms with Gasteiger partial charge in [-0.15, -0.1) is 11.3 Å². The summed E-state index contributed by atoms with van der Waals surface area (Å²) < 4.78 is 10.5. The molecule has 0 bridgehead atoms. The van der Waals surface area contributed by atoms with E-state index in [1.807, 2.05) is 17.5 Å². The summed E-state index contributed by atoms with van der Waals surface area (Å²) >= 11 is 1.55. The fourth-order valence-electron chi connectivity index (χ4n) is 2.61. The zero-order valence-electron chi connectivity index (χ0n) is 13.8. The van der Waals surface area contributed by atoms with E-state index in [-0.39, 0.29) is 18.4 Å². The average Bonchev–Trinajstić information content (AvgIpc) is 3.31. The second kappa shape index (κ2) is 7.05. The molecule has 0 radical (unpaired) electrons. The number of carbonyl (C=O) groups excluding carboxylic acids is 1. The van der Waals surface area contributed by atoms with E-state index in [9.17, 15) is 9.90 Å². The van der Waals surface area contributed by atoms with E-state index in [1.165, 1.54) is 0 Å². The Hall–Kier alpha value is -3.06. The largest absolute Gasteiger partial charge is 0.508 e. The number of benzene rings is 2. The van der Waals surface area contributed by atoms with E-state index >= 15 is 0 Å². The average molecular weight is 368 g/mol. The number of hydrogen-bond donors (Lipinski definition) is 2. The van der Waals surface area contributed by atoms with Crippen molar-refractivity contribution in [1.29, 1.82) is 0 Å². The van der Waals surface area contributed by atoms with Crippen molar-refractivity contribution in [3.8, 4) is 28.5 Å². The fourth-order valence-corrected chi connectivity index (χ4v) is 3.42. The molecule has 1 aliphatic rings. The number of amides is 1. The van der Waals surface area contributed by atoms with Crippen molar-refractivity contribution in [1.82, 2.24) is 10.3 Å². The fraction of sp³-hybridized carbons (Fsp3) is 0.158. The van der Waals surface area contributed by atoms with Crippen LogP contribution >= 0.6 is 11.3 Å². The molecule has 0 spiro atoms. The first-order valence-corrected chi connectivity index (χ1v) is 8.99. The number of thiazole rings is 1. The van der Waals surface area contributed by atoms with Crippen molar-refractivity contribution in [2.45, 2.75) is 6.42 Å². The minimum Gasteiger partial charge on any atom is -0.508 e. The topological polar surface area (TPSA) is 80.7 Å². The van der Waals surface area contributed by atoms with Gasteiger partial charge in [-0.2, -0.15) is 0 Å². The number of aromatic nitrogens is 1. The van der Waals surface area contributed by atoms with Crippen LogP contribution in [-0.4, -0.2) is 29.3 Å². The molecule has 1 aliphatic heterocycles. The Bertz CT molecular complexity index is 937. The van der Waals surface area contributed by atoms with E-state index in [0.29, 0.717) is 30.0 Å². The molecule has 0 saturated carbocycles. The number of nitrogens with zero attached hydrogens (tertiary/aromatic N) is 1. The number of fused-ring (bicyclic) bond motifs is 1. The molecule has 4 rings (SSSR count). The van der Waals surface area contributed by atoms with Crippen LogP contribution in [0.15, 0.2) is 47.8 Å². The van der Waals surface area contributed by atoms with Gasteiger partial charge < -0.3 is 19.9 Å². The van der Waals surface area contributed by atoms with Crippen molar-refractivity contribution in [3.63, 3.8) is 0 Å². The predicted octanol–water partition coefficient (Wildman–Crippen LogP) is 3.22. The lowest BCUT2D eigenvalue weighted by Gasteiger charge is -2.05. The van der Waals surface area contributed by atoms with Crippen molar-refractivity contribution in [2.24, 2.45) is 0 Å². The Labute approximate surface area is 154 Å². The van der Waals surface area contributed by atoms with E-state index in [4.69, 9.17) is 9.47 Å². The molecular formula is C19H16N2O4S. The van der Waals surface area contributed by atoms with Crippen LogP contribution in [0.3, 0.4) is 0 Å². The quantitative estimate of drug-likeness (QED) is 0.723. The summed E-state index contributed by atoms with van der Waals surface area (Å²) in [5, 5.41) is 15.2. The molecule has 2 aromatic carbocycles. The van der Waals surface area contributed by atoms with Crippen LogP contribution in [0.2, 0.25) is 0 Å². The first kappa shape index (κ1) is 16.4. The highest BCUT2D eigenvalue weighted by Gasteiger charge is 2.16. The van der Waals surface area contributed by atoms with E-state index in [0.717, 1.165) is 16.3 Å². The number of rotatable bonds is 5. The number of nitrogens with one attached hydrogen (secondary N) is 1. The van der Waals surface area contributed by atoms with Crippen LogP contribution in [0.1, 0.15) is 15.4 Å². The molecule has 26 heavy (non-hydrogen) atoms. The molecule has 0 saturated heterocycles. The minimum absolute atomic E-state index is 0.154. The third-order valence-electron chi connectivity index (χ3n) is 3.97. The maximum atomic E-state index is 12.2. The summed E-state index contributed by atoms with van der Waals surface area (Å²) in [5.74, 6) is 1.33. The summed E-state index contributed by atoms with van der Waals surface area (Å²) in [5.41, 5.74) is 2.36. The van der Waals surface area contributed by atoms with Crippen LogP contribution in [0.5, 0.6) is 17.2 Å². The lowest BCUT2D eigenvalue weighted by Crippen LogP contribution is -2.25. The van der Waals surface area contributed by atoms with Gasteiger partial charge in [0.05, 0.1) is 10.7 Å². The van der Waals surface area contributed by atoms with Crippen molar-refractivity contribution < 1.29 is 19.4 Å². The summed E-state index contributed by atoms with van der Waals surface area (Å²) in [6, 6.07) is 12.1. The Kier molecular flexibility index (Phi) is 4.45. The maximum Gasteiger partial charge on any atom is 0.251 e. The van der Waals surface area contributed by atoms with Gasteiger partial charge in [-0.3, -0.25) is 4.79 Å². The maximum absolute atomic E-state index is 12.2. The number of aromatic hydroxyl groups is 1. The van der Waals surface area contributed by atoms with Gasteiger partial charge in [0.1, 0.15) is 5.75 Å². The molecular weight excluding hydrogens is 352 g/mol. The first-order chi connectivity index (χ1) is 12.7. The number of carbonyl (C=O) groups is 1. The summed E-state index contributed by atoms with van der Waals surface area (Å²) in [6.45, 7) is 0.684. The highest BCUT2D eigenvalue weighted by atomic mass is 32.1. The minimum atomic E-state index is -0.154.